The van der Waals surface area contributed by atoms with Crippen LogP contribution in [0.1, 0.15) is 11.3 Å². The molecule has 8 nitrogen and oxygen atoms in total. The van der Waals surface area contributed by atoms with Gasteiger partial charge >= 0.3 is 0 Å². The summed E-state index contributed by atoms with van der Waals surface area (Å²) < 4.78 is 7.14. The third-order valence-electron chi connectivity index (χ3n) is 5.42. The molecule has 5 rings (SSSR count). The van der Waals surface area contributed by atoms with E-state index in [0.717, 1.165) is 15.6 Å². The van der Waals surface area contributed by atoms with Crippen molar-refractivity contribution in [2.24, 2.45) is 0 Å². The summed E-state index contributed by atoms with van der Waals surface area (Å²) in [6, 6.07) is 19.2. The molecule has 34 heavy (non-hydrogen) atoms. The normalized spacial score (nSPS) is 11.0. The van der Waals surface area contributed by atoms with Crippen LogP contribution >= 0.6 is 11.3 Å². The minimum absolute atomic E-state index is 0.186. The fraction of sp³-hybridized carbons (Fsp3) is 0.120. The van der Waals surface area contributed by atoms with Gasteiger partial charge < -0.3 is 10.1 Å². The molecule has 2 N–H and O–H groups in total. The van der Waals surface area contributed by atoms with Gasteiger partial charge in [0.2, 0.25) is 5.95 Å². The maximum absolute atomic E-state index is 12.7. The second-order valence-electron chi connectivity index (χ2n) is 7.75. The number of amides is 1. The molecular weight excluding hydrogens is 450 g/mol. The molecule has 3 aromatic heterocycles. The molecule has 0 unspecified atom stereocenters. The Hall–Kier alpha value is -4.24. The number of ether oxygens (including phenoxy) is 1. The number of aromatic nitrogens is 4. The summed E-state index contributed by atoms with van der Waals surface area (Å²) in [4.78, 5) is 33.2. The number of nitrogens with one attached hydrogen (secondary N) is 2. The van der Waals surface area contributed by atoms with E-state index >= 15 is 0 Å². The minimum Gasteiger partial charge on any atom is -0.484 e. The summed E-state index contributed by atoms with van der Waals surface area (Å²) in [7, 11) is 0. The number of nitrogens with zero attached hydrogens (tertiary/aromatic N) is 3. The monoisotopic (exact) mass is 471 g/mol. The highest BCUT2D eigenvalue weighted by molar-refractivity contribution is 7.13. The van der Waals surface area contributed by atoms with E-state index in [4.69, 9.17) is 4.74 Å². The van der Waals surface area contributed by atoms with Crippen LogP contribution < -0.4 is 15.6 Å². The number of fused-ring (bicyclic) bond motifs is 1. The first-order chi connectivity index (χ1) is 16.5. The average Bonchev–Trinajstić information content (AvgIpc) is 3.51. The van der Waals surface area contributed by atoms with Gasteiger partial charge in [-0.05, 0) is 48.2 Å². The number of aryl methyl sites for hydroxylation is 1. The van der Waals surface area contributed by atoms with Crippen LogP contribution in [0.25, 0.3) is 27.3 Å². The zero-order chi connectivity index (χ0) is 23.7. The molecule has 0 aliphatic carbocycles. The fourth-order valence-electron chi connectivity index (χ4n) is 3.49. The Morgan fingerprint density at radius 2 is 1.91 bits per heavy atom. The standard InChI is InChI=1S/C25H21N5O3S/c1-15-16(2)26-25(28-24(15)32)30-22(13-20(29-30)21-8-5-11-34-21)27-23(31)14-33-19-10-9-17-6-3-4-7-18(17)12-19/h3-13H,14H2,1-2H3,(H,27,31)(H,26,28,32). The first-order valence-corrected chi connectivity index (χ1v) is 11.5. The molecule has 3 heterocycles. The first-order valence-electron chi connectivity index (χ1n) is 10.6. The highest BCUT2D eigenvalue weighted by atomic mass is 32.1. The largest absolute Gasteiger partial charge is 0.484 e. The number of anilines is 1. The van der Waals surface area contributed by atoms with Gasteiger partial charge in [0, 0.05) is 17.3 Å². The molecule has 0 aliphatic rings. The highest BCUT2D eigenvalue weighted by Gasteiger charge is 2.17. The van der Waals surface area contributed by atoms with E-state index in [2.05, 4.69) is 20.4 Å². The van der Waals surface area contributed by atoms with Crippen LogP contribution in [0.15, 0.2) is 70.8 Å². The van der Waals surface area contributed by atoms with Gasteiger partial charge in [-0.25, -0.2) is 4.98 Å². The van der Waals surface area contributed by atoms with Gasteiger partial charge in [-0.15, -0.1) is 11.3 Å². The summed E-state index contributed by atoms with van der Waals surface area (Å²) in [6.07, 6.45) is 0. The van der Waals surface area contributed by atoms with E-state index in [1.807, 2.05) is 60.0 Å². The number of benzene rings is 2. The van der Waals surface area contributed by atoms with Crippen molar-refractivity contribution >= 4 is 33.8 Å². The second kappa shape index (κ2) is 8.95. The number of thiophene rings is 1. The van der Waals surface area contributed by atoms with Crippen molar-refractivity contribution in [1.82, 2.24) is 19.7 Å². The zero-order valence-corrected chi connectivity index (χ0v) is 19.3. The number of H-pyrrole nitrogens is 1. The van der Waals surface area contributed by atoms with Gasteiger partial charge in [-0.3, -0.25) is 14.6 Å². The van der Waals surface area contributed by atoms with E-state index in [1.54, 1.807) is 19.9 Å². The van der Waals surface area contributed by atoms with Gasteiger partial charge in [0.05, 0.1) is 4.88 Å². The van der Waals surface area contributed by atoms with Crippen LogP contribution in [-0.2, 0) is 4.79 Å². The maximum Gasteiger partial charge on any atom is 0.263 e. The summed E-state index contributed by atoms with van der Waals surface area (Å²) in [5.74, 6) is 0.837. The predicted octanol–water partition coefficient (Wildman–Crippen LogP) is 4.47. The Bertz CT molecular complexity index is 1550. The SMILES string of the molecule is Cc1nc(-n2nc(-c3cccs3)cc2NC(=O)COc2ccc3ccccc3c2)[nH]c(=O)c1C. The van der Waals surface area contributed by atoms with Crippen molar-refractivity contribution in [1.29, 1.82) is 0 Å². The quantitative estimate of drug-likeness (QED) is 0.380. The lowest BCUT2D eigenvalue weighted by Gasteiger charge is -2.10. The van der Waals surface area contributed by atoms with Crippen LogP contribution in [0.3, 0.4) is 0 Å². The zero-order valence-electron chi connectivity index (χ0n) is 18.5. The van der Waals surface area contributed by atoms with Gasteiger partial charge in [0.25, 0.3) is 11.5 Å². The lowest BCUT2D eigenvalue weighted by Crippen LogP contribution is -2.23. The van der Waals surface area contributed by atoms with E-state index in [9.17, 15) is 9.59 Å². The van der Waals surface area contributed by atoms with E-state index in [0.29, 0.717) is 28.5 Å². The van der Waals surface area contributed by atoms with Crippen LogP contribution in [0.2, 0.25) is 0 Å². The van der Waals surface area contributed by atoms with Crippen LogP contribution in [0, 0.1) is 13.8 Å². The van der Waals surface area contributed by atoms with Crippen molar-refractivity contribution in [3.63, 3.8) is 0 Å². The number of rotatable bonds is 6. The van der Waals surface area contributed by atoms with Gasteiger partial charge in [0.1, 0.15) is 17.3 Å². The molecule has 9 heteroatoms. The molecule has 0 aliphatic heterocycles. The Kier molecular flexibility index (Phi) is 5.69. The van der Waals surface area contributed by atoms with Gasteiger partial charge in [0.15, 0.2) is 6.61 Å². The van der Waals surface area contributed by atoms with Crippen molar-refractivity contribution in [3.05, 3.63) is 87.7 Å². The lowest BCUT2D eigenvalue weighted by atomic mass is 10.1. The van der Waals surface area contributed by atoms with Crippen molar-refractivity contribution < 1.29 is 9.53 Å². The molecular formula is C25H21N5O3S. The predicted molar refractivity (Wildman–Crippen MR) is 133 cm³/mol. The van der Waals surface area contributed by atoms with Crippen LogP contribution in [-0.4, -0.2) is 32.3 Å². The lowest BCUT2D eigenvalue weighted by molar-refractivity contribution is -0.118. The molecule has 0 atom stereocenters. The molecule has 0 saturated carbocycles. The molecule has 0 spiro atoms. The maximum atomic E-state index is 12.7. The molecule has 0 saturated heterocycles. The molecule has 1 amide bonds. The smallest absolute Gasteiger partial charge is 0.263 e. The van der Waals surface area contributed by atoms with Gasteiger partial charge in [-0.2, -0.15) is 9.78 Å². The summed E-state index contributed by atoms with van der Waals surface area (Å²) >= 11 is 1.52. The molecule has 0 fully saturated rings. The Labute approximate surface area is 198 Å². The van der Waals surface area contributed by atoms with E-state index in [-0.39, 0.29) is 24.0 Å². The van der Waals surface area contributed by atoms with Crippen molar-refractivity contribution in [2.45, 2.75) is 13.8 Å². The minimum atomic E-state index is -0.363. The van der Waals surface area contributed by atoms with E-state index in [1.165, 1.54) is 16.0 Å². The number of hydrogen-bond acceptors (Lipinski definition) is 6. The second-order valence-corrected chi connectivity index (χ2v) is 8.70. The molecule has 5 aromatic rings. The van der Waals surface area contributed by atoms with E-state index < -0.39 is 0 Å². The first kappa shape index (κ1) is 21.6. The molecule has 0 bridgehead atoms. The van der Waals surface area contributed by atoms with Gasteiger partial charge in [-0.1, -0.05) is 36.4 Å². The summed E-state index contributed by atoms with van der Waals surface area (Å²) in [5.41, 5.74) is 1.52. The number of carbonyl (C=O) groups is 1. The van der Waals surface area contributed by atoms with Crippen molar-refractivity contribution in [2.75, 3.05) is 11.9 Å². The molecule has 0 radical (unpaired) electrons. The third kappa shape index (κ3) is 4.33. The molecule has 170 valence electrons. The fourth-order valence-corrected chi connectivity index (χ4v) is 4.17. The average molecular weight is 472 g/mol. The summed E-state index contributed by atoms with van der Waals surface area (Å²) in [6.45, 7) is 3.28. The Morgan fingerprint density at radius 1 is 1.09 bits per heavy atom. The number of hydrogen-bond donors (Lipinski definition) is 2. The Balaban J connectivity index is 1.40. The van der Waals surface area contributed by atoms with Crippen LogP contribution in [0.5, 0.6) is 5.75 Å². The third-order valence-corrected chi connectivity index (χ3v) is 6.32. The number of carbonyl (C=O) groups excluding carboxylic acids is 1. The number of aromatic amines is 1. The summed E-state index contributed by atoms with van der Waals surface area (Å²) in [5, 5.41) is 11.5. The topological polar surface area (TPSA) is 102 Å². The molecule has 2 aromatic carbocycles. The van der Waals surface area contributed by atoms with Crippen molar-refractivity contribution in [3.8, 4) is 22.3 Å². The highest BCUT2D eigenvalue weighted by Crippen LogP contribution is 2.27. The van der Waals surface area contributed by atoms with Crippen LogP contribution in [0.4, 0.5) is 5.82 Å². The Morgan fingerprint density at radius 3 is 2.68 bits per heavy atom.